The van der Waals surface area contributed by atoms with Gasteiger partial charge in [0.05, 0.1) is 12.8 Å². The van der Waals surface area contributed by atoms with E-state index in [4.69, 9.17) is 4.42 Å². The summed E-state index contributed by atoms with van der Waals surface area (Å²) in [4.78, 5) is 2.24. The Bertz CT molecular complexity index is 687. The van der Waals surface area contributed by atoms with Crippen LogP contribution >= 0.6 is 0 Å². The number of hydrogen-bond acceptors (Lipinski definition) is 6. The van der Waals surface area contributed by atoms with Gasteiger partial charge in [0.25, 0.3) is 0 Å². The normalized spacial score (nSPS) is 14.9. The molecule has 0 N–H and O–H groups in total. The number of hydrogen-bond donors (Lipinski definition) is 0. The van der Waals surface area contributed by atoms with Crippen molar-refractivity contribution in [2.24, 2.45) is 0 Å². The second-order valence-electron chi connectivity index (χ2n) is 4.66. The smallest absolute Gasteiger partial charge is 0.200 e. The van der Waals surface area contributed by atoms with Gasteiger partial charge in [-0.1, -0.05) is 0 Å². The zero-order chi connectivity index (χ0) is 12.7. The first-order valence-electron chi connectivity index (χ1n) is 6.24. The van der Waals surface area contributed by atoms with E-state index in [0.717, 1.165) is 18.1 Å². The molecule has 1 saturated carbocycles. The average molecular weight is 256 g/mol. The van der Waals surface area contributed by atoms with E-state index in [1.165, 1.54) is 17.5 Å². The molecule has 0 unspecified atom stereocenters. The fourth-order valence-corrected chi connectivity index (χ4v) is 2.15. The topological polar surface area (TPSA) is 72.4 Å². The fraction of sp³-hybridized carbons (Fsp3) is 0.333. The quantitative estimate of drug-likeness (QED) is 0.700. The summed E-state index contributed by atoms with van der Waals surface area (Å²) in [5, 5.41) is 15.7. The molecule has 0 saturated heterocycles. The standard InChI is InChI=1S/C12H12N6O/c1-2-10(19-7-1)8-17(9-3-4-9)12-6-5-11-13-15-16-18(11)14-12/h1-2,5-7,9H,3-4,8H2. The molecule has 0 amide bonds. The van der Waals surface area contributed by atoms with E-state index in [1.54, 1.807) is 6.26 Å². The van der Waals surface area contributed by atoms with Crippen LogP contribution in [0.25, 0.3) is 5.65 Å². The van der Waals surface area contributed by atoms with Crippen LogP contribution < -0.4 is 4.90 Å². The van der Waals surface area contributed by atoms with Crippen LogP contribution in [0.15, 0.2) is 34.9 Å². The second kappa shape index (κ2) is 4.04. The van der Waals surface area contributed by atoms with Crippen LogP contribution in [-0.2, 0) is 6.54 Å². The minimum atomic E-state index is 0.534. The fourth-order valence-electron chi connectivity index (χ4n) is 2.15. The summed E-state index contributed by atoms with van der Waals surface area (Å²) in [6.45, 7) is 0.721. The lowest BCUT2D eigenvalue weighted by atomic mass is 10.3. The van der Waals surface area contributed by atoms with Gasteiger partial charge in [0.2, 0.25) is 0 Å². The molecular weight excluding hydrogens is 244 g/mol. The molecule has 4 rings (SSSR count). The van der Waals surface area contributed by atoms with Gasteiger partial charge in [-0.2, -0.15) is 0 Å². The molecule has 0 atom stereocenters. The summed E-state index contributed by atoms with van der Waals surface area (Å²) < 4.78 is 6.87. The predicted octanol–water partition coefficient (Wildman–Crippen LogP) is 1.28. The van der Waals surface area contributed by atoms with Crippen LogP contribution in [0.4, 0.5) is 5.82 Å². The van der Waals surface area contributed by atoms with Gasteiger partial charge in [-0.15, -0.1) is 14.8 Å². The summed E-state index contributed by atoms with van der Waals surface area (Å²) >= 11 is 0. The van der Waals surface area contributed by atoms with Gasteiger partial charge in [0.1, 0.15) is 5.76 Å². The third-order valence-electron chi connectivity index (χ3n) is 3.24. The summed E-state index contributed by atoms with van der Waals surface area (Å²) in [7, 11) is 0. The van der Waals surface area contributed by atoms with E-state index in [9.17, 15) is 0 Å². The Morgan fingerprint density at radius 3 is 3.05 bits per heavy atom. The number of rotatable bonds is 4. The van der Waals surface area contributed by atoms with Gasteiger partial charge in [-0.05, 0) is 47.5 Å². The van der Waals surface area contributed by atoms with Crippen molar-refractivity contribution in [1.82, 2.24) is 25.3 Å². The first-order valence-corrected chi connectivity index (χ1v) is 6.24. The van der Waals surface area contributed by atoms with Crippen LogP contribution in [0.1, 0.15) is 18.6 Å². The van der Waals surface area contributed by atoms with E-state index in [2.05, 4.69) is 25.5 Å². The number of fused-ring (bicyclic) bond motifs is 1. The predicted molar refractivity (Wildman–Crippen MR) is 66.5 cm³/mol. The van der Waals surface area contributed by atoms with Crippen LogP contribution in [-0.4, -0.2) is 31.3 Å². The van der Waals surface area contributed by atoms with Crippen LogP contribution in [0, 0.1) is 0 Å². The second-order valence-corrected chi connectivity index (χ2v) is 4.66. The number of tetrazole rings is 1. The zero-order valence-electron chi connectivity index (χ0n) is 10.2. The third kappa shape index (κ3) is 1.92. The summed E-state index contributed by atoms with van der Waals surface area (Å²) in [5.41, 5.74) is 0.650. The molecule has 7 heteroatoms. The summed E-state index contributed by atoms with van der Waals surface area (Å²) in [5.74, 6) is 1.81. The first-order chi connectivity index (χ1) is 9.40. The van der Waals surface area contributed by atoms with Gasteiger partial charge in [0, 0.05) is 6.04 Å². The van der Waals surface area contributed by atoms with Crippen LogP contribution in [0.2, 0.25) is 0 Å². The third-order valence-corrected chi connectivity index (χ3v) is 3.24. The molecule has 0 bridgehead atoms. The highest BCUT2D eigenvalue weighted by Crippen LogP contribution is 2.31. The SMILES string of the molecule is c1coc(CN(c2ccc3nnnn3n2)C2CC2)c1. The molecule has 3 heterocycles. The lowest BCUT2D eigenvalue weighted by Gasteiger charge is -2.21. The molecular formula is C12H12N6O. The average Bonchev–Trinajstić information content (AvgIpc) is 2.96. The molecule has 0 spiro atoms. The van der Waals surface area contributed by atoms with Crippen molar-refractivity contribution in [3.05, 3.63) is 36.3 Å². The first kappa shape index (κ1) is 10.5. The Balaban J connectivity index is 1.69. The Kier molecular flexibility index (Phi) is 2.23. The van der Waals surface area contributed by atoms with E-state index >= 15 is 0 Å². The minimum Gasteiger partial charge on any atom is -0.467 e. The molecule has 0 aromatic carbocycles. The highest BCUT2D eigenvalue weighted by Gasteiger charge is 2.31. The van der Waals surface area contributed by atoms with E-state index in [0.29, 0.717) is 11.7 Å². The molecule has 96 valence electrons. The highest BCUT2D eigenvalue weighted by molar-refractivity contribution is 5.46. The van der Waals surface area contributed by atoms with Crippen molar-refractivity contribution < 1.29 is 4.42 Å². The van der Waals surface area contributed by atoms with E-state index < -0.39 is 0 Å². The zero-order valence-corrected chi connectivity index (χ0v) is 10.2. The molecule has 1 aliphatic carbocycles. The van der Waals surface area contributed by atoms with Crippen molar-refractivity contribution in [3.8, 4) is 0 Å². The van der Waals surface area contributed by atoms with Crippen molar-refractivity contribution in [2.45, 2.75) is 25.4 Å². The maximum atomic E-state index is 5.42. The van der Waals surface area contributed by atoms with E-state index in [-0.39, 0.29) is 0 Å². The number of aromatic nitrogens is 5. The lowest BCUT2D eigenvalue weighted by molar-refractivity contribution is 0.499. The Morgan fingerprint density at radius 1 is 1.32 bits per heavy atom. The maximum absolute atomic E-state index is 5.42. The molecule has 7 nitrogen and oxygen atoms in total. The van der Waals surface area contributed by atoms with Crippen molar-refractivity contribution >= 4 is 11.5 Å². The molecule has 1 fully saturated rings. The van der Waals surface area contributed by atoms with E-state index in [1.807, 2.05) is 24.3 Å². The molecule has 0 radical (unpaired) electrons. The number of nitrogens with zero attached hydrogens (tertiary/aromatic N) is 6. The van der Waals surface area contributed by atoms with Gasteiger partial charge in [-0.3, -0.25) is 0 Å². The molecule has 3 aromatic rings. The maximum Gasteiger partial charge on any atom is 0.200 e. The molecule has 1 aliphatic rings. The minimum absolute atomic E-state index is 0.534. The number of anilines is 1. The Hall–Kier alpha value is -2.44. The highest BCUT2D eigenvalue weighted by atomic mass is 16.3. The van der Waals surface area contributed by atoms with Gasteiger partial charge in [0.15, 0.2) is 11.5 Å². The lowest BCUT2D eigenvalue weighted by Crippen LogP contribution is -2.26. The van der Waals surface area contributed by atoms with Gasteiger partial charge < -0.3 is 9.32 Å². The van der Waals surface area contributed by atoms with Crippen molar-refractivity contribution in [3.63, 3.8) is 0 Å². The number of furan rings is 1. The summed E-state index contributed by atoms with van der Waals surface area (Å²) in [6, 6.07) is 8.24. The summed E-state index contributed by atoms with van der Waals surface area (Å²) in [6.07, 6.45) is 4.07. The van der Waals surface area contributed by atoms with Crippen LogP contribution in [0.5, 0.6) is 0 Å². The Morgan fingerprint density at radius 2 is 2.26 bits per heavy atom. The van der Waals surface area contributed by atoms with Crippen molar-refractivity contribution in [2.75, 3.05) is 4.90 Å². The molecule has 19 heavy (non-hydrogen) atoms. The van der Waals surface area contributed by atoms with Gasteiger partial charge >= 0.3 is 0 Å². The van der Waals surface area contributed by atoms with Crippen LogP contribution in [0.3, 0.4) is 0 Å². The van der Waals surface area contributed by atoms with Crippen molar-refractivity contribution in [1.29, 1.82) is 0 Å². The largest absolute Gasteiger partial charge is 0.467 e. The molecule has 0 aliphatic heterocycles. The Labute approximate surface area is 108 Å². The molecule has 3 aromatic heterocycles. The monoisotopic (exact) mass is 256 g/mol. The van der Waals surface area contributed by atoms with Gasteiger partial charge in [-0.25, -0.2) is 0 Å².